The highest BCUT2D eigenvalue weighted by Gasteiger charge is 2.33. The molecule has 0 saturated heterocycles. The van der Waals surface area contributed by atoms with E-state index < -0.39 is 37.9 Å². The minimum Gasteiger partial charge on any atom is -0.467 e. The van der Waals surface area contributed by atoms with Crippen LogP contribution in [0.1, 0.15) is 41.0 Å². The van der Waals surface area contributed by atoms with Crippen LogP contribution >= 0.6 is 7.82 Å². The molecule has 1 aliphatic heterocycles. The zero-order valence-electron chi connectivity index (χ0n) is 25.6. The molecule has 1 aliphatic carbocycles. The molecule has 3 aromatic rings. The van der Waals surface area contributed by atoms with Gasteiger partial charge < -0.3 is 36.1 Å². The lowest BCUT2D eigenvalue weighted by Crippen LogP contribution is -2.52. The van der Waals surface area contributed by atoms with E-state index in [1.54, 1.807) is 12.1 Å². The Morgan fingerprint density at radius 1 is 1.02 bits per heavy atom. The molecule has 0 radical (unpaired) electrons. The van der Waals surface area contributed by atoms with Crippen molar-refractivity contribution in [3.8, 4) is 16.9 Å². The number of esters is 1. The Labute approximate surface area is 271 Å². The van der Waals surface area contributed by atoms with Crippen LogP contribution in [0, 0.1) is 0 Å². The van der Waals surface area contributed by atoms with E-state index in [0.717, 1.165) is 22.3 Å². The van der Waals surface area contributed by atoms with Gasteiger partial charge in [-0.1, -0.05) is 54.6 Å². The molecule has 0 spiro atoms. The van der Waals surface area contributed by atoms with Gasteiger partial charge in [-0.05, 0) is 52.8 Å². The largest absolute Gasteiger partial charge is 0.527 e. The van der Waals surface area contributed by atoms with Crippen LogP contribution in [0.3, 0.4) is 0 Å². The van der Waals surface area contributed by atoms with E-state index in [4.69, 9.17) is 30.0 Å². The SMILES string of the molecule is COC(=O)[C@H](Cc1ccc2c(c1)COP(=O)(O)O2)NC(=O)[C@H](CCCN=C(N)N)NC(=O)OCC1c2ccccc2-c2ccccc21. The van der Waals surface area contributed by atoms with Gasteiger partial charge >= 0.3 is 19.9 Å². The van der Waals surface area contributed by atoms with Crippen molar-refractivity contribution in [2.45, 2.75) is 43.9 Å². The third-order valence-corrected chi connectivity index (χ3v) is 8.74. The Kier molecular flexibility index (Phi) is 10.4. The first kappa shape index (κ1) is 33.5. The number of amides is 2. The molecule has 248 valence electrons. The molecule has 3 aromatic carbocycles. The summed E-state index contributed by atoms with van der Waals surface area (Å²) in [4.78, 5) is 52.9. The fourth-order valence-electron chi connectivity index (χ4n) is 5.66. The van der Waals surface area contributed by atoms with Crippen molar-refractivity contribution in [1.29, 1.82) is 0 Å². The van der Waals surface area contributed by atoms with Gasteiger partial charge in [-0.3, -0.25) is 19.2 Å². The molecule has 47 heavy (non-hydrogen) atoms. The Bertz CT molecular complexity index is 1680. The number of hydrogen-bond donors (Lipinski definition) is 5. The number of aliphatic imine (C=N–C) groups is 1. The van der Waals surface area contributed by atoms with Crippen molar-refractivity contribution in [3.05, 3.63) is 89.0 Å². The Morgan fingerprint density at radius 3 is 2.36 bits per heavy atom. The Hall–Kier alpha value is -4.91. The number of methoxy groups -OCH3 is 1. The van der Waals surface area contributed by atoms with Crippen molar-refractivity contribution >= 4 is 31.8 Å². The van der Waals surface area contributed by atoms with Crippen molar-refractivity contribution in [3.63, 3.8) is 0 Å². The highest BCUT2D eigenvalue weighted by atomic mass is 31.2. The van der Waals surface area contributed by atoms with Crippen LogP contribution in [0.5, 0.6) is 5.75 Å². The van der Waals surface area contributed by atoms with Crippen LogP contribution in [0.15, 0.2) is 71.7 Å². The van der Waals surface area contributed by atoms with E-state index in [-0.39, 0.29) is 50.2 Å². The summed E-state index contributed by atoms with van der Waals surface area (Å²) < 4.78 is 32.1. The maximum Gasteiger partial charge on any atom is 0.527 e. The van der Waals surface area contributed by atoms with Crippen molar-refractivity contribution in [2.24, 2.45) is 16.5 Å². The quantitative estimate of drug-likeness (QED) is 0.0624. The fraction of sp³-hybridized carbons (Fsp3) is 0.312. The van der Waals surface area contributed by atoms with Crippen LogP contribution < -0.4 is 26.6 Å². The average molecular weight is 666 g/mol. The zero-order chi connectivity index (χ0) is 33.6. The number of nitrogens with two attached hydrogens (primary N) is 2. The topological polar surface area (TPSA) is 214 Å². The second kappa shape index (κ2) is 14.7. The molecule has 0 fully saturated rings. The zero-order valence-corrected chi connectivity index (χ0v) is 26.5. The van der Waals surface area contributed by atoms with Gasteiger partial charge in [-0.15, -0.1) is 0 Å². The minimum absolute atomic E-state index is 0.00808. The summed E-state index contributed by atoms with van der Waals surface area (Å²) in [5.74, 6) is -1.47. The first-order valence-corrected chi connectivity index (χ1v) is 16.4. The Morgan fingerprint density at radius 2 is 1.70 bits per heavy atom. The summed E-state index contributed by atoms with van der Waals surface area (Å²) in [7, 11) is -2.99. The van der Waals surface area contributed by atoms with Gasteiger partial charge in [0, 0.05) is 24.4 Å². The molecule has 3 atom stereocenters. The van der Waals surface area contributed by atoms with Gasteiger partial charge in [0.1, 0.15) is 24.4 Å². The summed E-state index contributed by atoms with van der Waals surface area (Å²) in [6.07, 6.45) is -0.328. The number of alkyl carbamates (subject to hydrolysis) is 1. The smallest absolute Gasteiger partial charge is 0.467 e. The molecule has 7 N–H and O–H groups in total. The fourth-order valence-corrected chi connectivity index (χ4v) is 6.44. The van der Waals surface area contributed by atoms with Gasteiger partial charge in [-0.2, -0.15) is 0 Å². The lowest BCUT2D eigenvalue weighted by atomic mass is 9.98. The maximum absolute atomic E-state index is 13.5. The number of carbonyl (C=O) groups excluding carboxylic acids is 3. The number of benzene rings is 3. The molecule has 0 aromatic heterocycles. The third kappa shape index (κ3) is 8.28. The number of ether oxygens (including phenoxy) is 2. The molecule has 14 nitrogen and oxygen atoms in total. The molecule has 0 saturated carbocycles. The number of rotatable bonds is 12. The molecule has 5 rings (SSSR count). The second-order valence-corrected chi connectivity index (χ2v) is 12.4. The van der Waals surface area contributed by atoms with Crippen LogP contribution in [-0.2, 0) is 41.2 Å². The molecule has 15 heteroatoms. The standard InChI is InChI=1S/C32H36N5O9P/c1-43-30(39)27(16-19-12-13-28-20(15-19)17-45-47(41,42)46-28)36-29(38)26(11-6-14-35-31(33)34)37-32(40)44-18-25-23-9-4-2-7-21(23)22-8-3-5-10-24(22)25/h2-5,7-10,12-13,15,25-27H,6,11,14,16-18H2,1H3,(H,36,38)(H,37,40)(H,41,42)(H4,33,34,35)/t26-,27-/m0/s1. The molecular weight excluding hydrogens is 629 g/mol. The number of nitrogens with zero attached hydrogens (tertiary/aromatic N) is 1. The van der Waals surface area contributed by atoms with Gasteiger partial charge in [0.05, 0.1) is 13.7 Å². The first-order chi connectivity index (χ1) is 22.5. The lowest BCUT2D eigenvalue weighted by molar-refractivity contribution is -0.145. The normalized spacial score (nSPS) is 17.5. The van der Waals surface area contributed by atoms with E-state index in [1.807, 2.05) is 48.5 Å². The molecule has 1 heterocycles. The van der Waals surface area contributed by atoms with E-state index in [1.165, 1.54) is 13.2 Å². The maximum atomic E-state index is 13.5. The van der Waals surface area contributed by atoms with Crippen LogP contribution in [0.25, 0.3) is 11.1 Å². The van der Waals surface area contributed by atoms with Crippen LogP contribution in [0.4, 0.5) is 4.79 Å². The predicted molar refractivity (Wildman–Crippen MR) is 171 cm³/mol. The highest BCUT2D eigenvalue weighted by Crippen LogP contribution is 2.50. The van der Waals surface area contributed by atoms with Crippen molar-refractivity contribution < 1.29 is 42.4 Å². The van der Waals surface area contributed by atoms with Crippen molar-refractivity contribution in [2.75, 3.05) is 20.3 Å². The number of guanidine groups is 1. The minimum atomic E-state index is -4.18. The molecular formula is C32H36N5O9P. The average Bonchev–Trinajstić information content (AvgIpc) is 3.37. The van der Waals surface area contributed by atoms with Gasteiger partial charge in [0.2, 0.25) is 5.91 Å². The van der Waals surface area contributed by atoms with E-state index >= 15 is 0 Å². The van der Waals surface area contributed by atoms with E-state index in [0.29, 0.717) is 17.5 Å². The number of carbonyl (C=O) groups is 3. The van der Waals surface area contributed by atoms with Gasteiger partial charge in [0.25, 0.3) is 0 Å². The number of hydrogen-bond acceptors (Lipinski definition) is 9. The number of phosphoric acid groups is 1. The predicted octanol–water partition coefficient (Wildman–Crippen LogP) is 2.86. The molecule has 2 amide bonds. The summed E-state index contributed by atoms with van der Waals surface area (Å²) in [5, 5.41) is 5.30. The van der Waals surface area contributed by atoms with Crippen LogP contribution in [0.2, 0.25) is 0 Å². The number of nitrogens with one attached hydrogen (secondary N) is 2. The summed E-state index contributed by atoms with van der Waals surface area (Å²) in [5.41, 5.74) is 16.2. The monoisotopic (exact) mass is 665 g/mol. The molecule has 1 unspecified atom stereocenters. The van der Waals surface area contributed by atoms with E-state index in [9.17, 15) is 23.8 Å². The first-order valence-electron chi connectivity index (χ1n) is 14.9. The van der Waals surface area contributed by atoms with Gasteiger partial charge in [-0.25, -0.2) is 14.2 Å². The van der Waals surface area contributed by atoms with Crippen molar-refractivity contribution in [1.82, 2.24) is 10.6 Å². The third-order valence-electron chi connectivity index (χ3n) is 7.86. The summed E-state index contributed by atoms with van der Waals surface area (Å²) in [6, 6.07) is 18.3. The number of fused-ring (bicyclic) bond motifs is 4. The molecule has 2 aliphatic rings. The van der Waals surface area contributed by atoms with Crippen LogP contribution in [-0.4, -0.2) is 61.2 Å². The second-order valence-electron chi connectivity index (χ2n) is 11.0. The number of phosphoric ester groups is 1. The highest BCUT2D eigenvalue weighted by molar-refractivity contribution is 7.47. The summed E-state index contributed by atoms with van der Waals surface area (Å²) >= 11 is 0. The lowest BCUT2D eigenvalue weighted by Gasteiger charge is -2.24. The van der Waals surface area contributed by atoms with E-state index in [2.05, 4.69) is 15.6 Å². The van der Waals surface area contributed by atoms with Gasteiger partial charge in [0.15, 0.2) is 5.96 Å². The summed E-state index contributed by atoms with van der Waals surface area (Å²) in [6.45, 7) is 0.0809. The Balaban J connectivity index is 1.27. The molecule has 0 bridgehead atoms.